The van der Waals surface area contributed by atoms with Crippen LogP contribution in [0.25, 0.3) is 0 Å². The van der Waals surface area contributed by atoms with Crippen LogP contribution in [0.2, 0.25) is 15.1 Å². The lowest BCUT2D eigenvalue weighted by atomic mass is 10.2. The van der Waals surface area contributed by atoms with Gasteiger partial charge in [0.2, 0.25) is 0 Å². The maximum absolute atomic E-state index is 13.3. The lowest BCUT2D eigenvalue weighted by molar-refractivity contribution is 0.284. The van der Waals surface area contributed by atoms with Crippen LogP contribution in [0.4, 0.5) is 10.1 Å². The average Bonchev–Trinajstić information content (AvgIpc) is 2.70. The van der Waals surface area contributed by atoms with Crippen LogP contribution in [0, 0.1) is 5.82 Å². The van der Waals surface area contributed by atoms with Crippen LogP contribution >= 0.6 is 50.7 Å². The molecule has 0 aliphatic carbocycles. The van der Waals surface area contributed by atoms with E-state index >= 15 is 0 Å². The maximum Gasteiger partial charge on any atom is 0.162 e. The molecule has 0 bridgehead atoms. The normalized spacial score (nSPS) is 10.7. The Kier molecular flexibility index (Phi) is 7.52. The summed E-state index contributed by atoms with van der Waals surface area (Å²) in [6.07, 6.45) is 0. The zero-order valence-electron chi connectivity index (χ0n) is 15.2. The predicted molar refractivity (Wildman–Crippen MR) is 120 cm³/mol. The van der Waals surface area contributed by atoms with Crippen molar-refractivity contribution in [2.45, 2.75) is 13.2 Å². The Morgan fingerprint density at radius 1 is 0.931 bits per heavy atom. The lowest BCUT2D eigenvalue weighted by Gasteiger charge is -2.15. The number of nitrogens with one attached hydrogen (secondary N) is 1. The van der Waals surface area contributed by atoms with Crippen molar-refractivity contribution in [1.82, 2.24) is 0 Å². The van der Waals surface area contributed by atoms with E-state index in [0.29, 0.717) is 40.4 Å². The van der Waals surface area contributed by atoms with E-state index in [-0.39, 0.29) is 5.02 Å². The Morgan fingerprint density at radius 2 is 1.72 bits per heavy atom. The molecule has 152 valence electrons. The Morgan fingerprint density at radius 3 is 2.41 bits per heavy atom. The zero-order valence-corrected chi connectivity index (χ0v) is 19.1. The number of hydrogen-bond donors (Lipinski definition) is 1. The van der Waals surface area contributed by atoms with Crippen molar-refractivity contribution in [2.75, 3.05) is 12.4 Å². The highest BCUT2D eigenvalue weighted by Gasteiger charge is 2.12. The third-order valence-electron chi connectivity index (χ3n) is 4.11. The van der Waals surface area contributed by atoms with E-state index in [9.17, 15) is 4.39 Å². The van der Waals surface area contributed by atoms with Crippen LogP contribution in [-0.2, 0) is 13.2 Å². The predicted octanol–water partition coefficient (Wildman–Crippen LogP) is 7.75. The molecule has 1 N–H and O–H groups in total. The molecule has 3 aromatic carbocycles. The quantitative estimate of drug-likeness (QED) is 0.346. The van der Waals surface area contributed by atoms with Gasteiger partial charge in [-0.25, -0.2) is 4.39 Å². The van der Waals surface area contributed by atoms with Crippen LogP contribution in [0.3, 0.4) is 0 Å². The molecule has 0 radical (unpaired) electrons. The van der Waals surface area contributed by atoms with Gasteiger partial charge < -0.3 is 14.8 Å². The molecule has 0 aliphatic rings. The number of benzene rings is 3. The van der Waals surface area contributed by atoms with Crippen LogP contribution in [-0.4, -0.2) is 7.11 Å². The molecule has 3 nitrogen and oxygen atoms in total. The van der Waals surface area contributed by atoms with Gasteiger partial charge in [0.05, 0.1) is 22.2 Å². The highest BCUT2D eigenvalue weighted by Crippen LogP contribution is 2.35. The standard InChI is InChI=1S/C21H16BrCl3FNO2/c1-28-20-7-13(10-27-14-3-5-19(26)18(25)8-14)15(22)9-21(20)29-11-12-2-4-16(23)17(24)6-12/h2-9,27H,10-11H2,1H3. The molecule has 3 rings (SSSR count). The maximum atomic E-state index is 13.3. The molecule has 0 saturated carbocycles. The molecule has 8 heteroatoms. The Balaban J connectivity index is 1.72. The second-order valence-electron chi connectivity index (χ2n) is 6.11. The number of methoxy groups -OCH3 is 1. The number of ether oxygens (including phenoxy) is 2. The van der Waals surface area contributed by atoms with Crippen molar-refractivity contribution in [2.24, 2.45) is 0 Å². The molecule has 0 amide bonds. The Hall–Kier alpha value is -1.66. The second kappa shape index (κ2) is 9.90. The highest BCUT2D eigenvalue weighted by atomic mass is 79.9. The number of rotatable bonds is 7. The van der Waals surface area contributed by atoms with Crippen molar-refractivity contribution in [3.05, 3.63) is 85.0 Å². The minimum atomic E-state index is -0.455. The van der Waals surface area contributed by atoms with Crippen molar-refractivity contribution < 1.29 is 13.9 Å². The Labute approximate surface area is 191 Å². The van der Waals surface area contributed by atoms with Gasteiger partial charge in [-0.2, -0.15) is 0 Å². The number of halogens is 5. The van der Waals surface area contributed by atoms with Crippen molar-refractivity contribution in [3.8, 4) is 11.5 Å². The monoisotopic (exact) mass is 517 g/mol. The summed E-state index contributed by atoms with van der Waals surface area (Å²) in [7, 11) is 1.58. The Bertz CT molecular complexity index is 1030. The molecule has 3 aromatic rings. The van der Waals surface area contributed by atoms with Crippen molar-refractivity contribution in [1.29, 1.82) is 0 Å². The summed E-state index contributed by atoms with van der Waals surface area (Å²) in [5, 5.41) is 4.24. The van der Waals surface area contributed by atoms with Gasteiger partial charge in [-0.05, 0) is 53.6 Å². The summed E-state index contributed by atoms with van der Waals surface area (Å²) < 4.78 is 25.5. The minimum Gasteiger partial charge on any atom is -0.493 e. The largest absolute Gasteiger partial charge is 0.493 e. The van der Waals surface area contributed by atoms with Crippen molar-refractivity contribution in [3.63, 3.8) is 0 Å². The molecule has 0 heterocycles. The first-order valence-electron chi connectivity index (χ1n) is 8.49. The van der Waals surface area contributed by atoms with E-state index in [1.807, 2.05) is 18.2 Å². The van der Waals surface area contributed by atoms with Gasteiger partial charge >= 0.3 is 0 Å². The third kappa shape index (κ3) is 5.70. The molecule has 0 fully saturated rings. The van der Waals surface area contributed by atoms with E-state index in [4.69, 9.17) is 44.3 Å². The van der Waals surface area contributed by atoms with Crippen molar-refractivity contribution >= 4 is 56.4 Å². The fourth-order valence-corrected chi connectivity index (χ4v) is 3.54. The summed E-state index contributed by atoms with van der Waals surface area (Å²) in [6.45, 7) is 0.789. The summed E-state index contributed by atoms with van der Waals surface area (Å²) in [5.41, 5.74) is 2.53. The van der Waals surface area contributed by atoms with E-state index in [1.54, 1.807) is 25.3 Å². The SMILES string of the molecule is COc1cc(CNc2ccc(F)c(Cl)c2)c(Br)cc1OCc1ccc(Cl)c(Cl)c1. The molecule has 0 unspecified atom stereocenters. The number of anilines is 1. The molecule has 29 heavy (non-hydrogen) atoms. The summed E-state index contributed by atoms with van der Waals surface area (Å²) >= 11 is 21.4. The van der Waals surface area contributed by atoms with Crippen LogP contribution in [0.1, 0.15) is 11.1 Å². The fourth-order valence-electron chi connectivity index (χ4n) is 2.58. The molecule has 0 atom stereocenters. The molecule has 0 saturated heterocycles. The summed E-state index contributed by atoms with van der Waals surface area (Å²) in [6, 6.07) is 13.5. The highest BCUT2D eigenvalue weighted by molar-refractivity contribution is 9.10. The van der Waals surface area contributed by atoms with Gasteiger partial charge in [0.1, 0.15) is 12.4 Å². The van der Waals surface area contributed by atoms with E-state index < -0.39 is 5.82 Å². The second-order valence-corrected chi connectivity index (χ2v) is 8.19. The van der Waals surface area contributed by atoms with Crippen LogP contribution < -0.4 is 14.8 Å². The first-order chi connectivity index (χ1) is 13.9. The minimum absolute atomic E-state index is 0.0673. The topological polar surface area (TPSA) is 30.5 Å². The average molecular weight is 520 g/mol. The summed E-state index contributed by atoms with van der Waals surface area (Å²) in [5.74, 6) is 0.713. The fraction of sp³-hybridized carbons (Fsp3) is 0.143. The third-order valence-corrected chi connectivity index (χ3v) is 5.88. The molecule has 0 spiro atoms. The smallest absolute Gasteiger partial charge is 0.162 e. The molecule has 0 aromatic heterocycles. The molecular weight excluding hydrogens is 503 g/mol. The van der Waals surface area contributed by atoms with Gasteiger partial charge in [0.25, 0.3) is 0 Å². The molecule has 0 aliphatic heterocycles. The number of hydrogen-bond acceptors (Lipinski definition) is 3. The van der Waals surface area contributed by atoms with Crippen LogP contribution in [0.5, 0.6) is 11.5 Å². The van der Waals surface area contributed by atoms with Gasteiger partial charge in [-0.15, -0.1) is 0 Å². The van der Waals surface area contributed by atoms with Gasteiger partial charge in [-0.3, -0.25) is 0 Å². The van der Waals surface area contributed by atoms with Gasteiger partial charge in [-0.1, -0.05) is 56.8 Å². The lowest BCUT2D eigenvalue weighted by Crippen LogP contribution is -2.03. The van der Waals surface area contributed by atoms with E-state index in [1.165, 1.54) is 12.1 Å². The molecular formula is C21H16BrCl3FNO2. The van der Waals surface area contributed by atoms with E-state index in [0.717, 1.165) is 15.6 Å². The first kappa shape index (κ1) is 22.0. The zero-order chi connectivity index (χ0) is 21.0. The van der Waals surface area contributed by atoms with Gasteiger partial charge in [0, 0.05) is 16.7 Å². The van der Waals surface area contributed by atoms with Gasteiger partial charge in [0.15, 0.2) is 11.5 Å². The summed E-state index contributed by atoms with van der Waals surface area (Å²) in [4.78, 5) is 0. The first-order valence-corrected chi connectivity index (χ1v) is 10.4. The van der Waals surface area contributed by atoms with E-state index in [2.05, 4.69) is 21.2 Å². The van der Waals surface area contributed by atoms with Crippen LogP contribution in [0.15, 0.2) is 53.0 Å².